The first-order valence-electron chi connectivity index (χ1n) is 12.3. The molecule has 2 saturated heterocycles. The van der Waals surface area contributed by atoms with Gasteiger partial charge in [0.05, 0.1) is 10.4 Å². The molecule has 10 heteroatoms. The first-order chi connectivity index (χ1) is 16.9. The second kappa shape index (κ2) is 10.1. The Morgan fingerprint density at radius 2 is 1.54 bits per heavy atom. The van der Waals surface area contributed by atoms with Crippen LogP contribution in [0.25, 0.3) is 11.1 Å². The van der Waals surface area contributed by atoms with E-state index in [0.717, 1.165) is 64.1 Å². The standard InChI is InChI=1S/C25H31FN4O4S/c26-20-5-7-21(8-6-20)28-17-15-27(16-18-28)11-1-4-14-30-23-10-9-22(19-24(23)34-25(30)31)35(32,33)29-12-2-3-13-29/h5-10,19H,1-4,11-18H2. The molecule has 3 heterocycles. The Bertz CT molecular complexity index is 1320. The lowest BCUT2D eigenvalue weighted by molar-refractivity contribution is 0.251. The molecule has 0 bridgehead atoms. The number of oxazole rings is 1. The Morgan fingerprint density at radius 1 is 0.857 bits per heavy atom. The maximum atomic E-state index is 13.1. The molecule has 2 aromatic carbocycles. The van der Waals surface area contributed by atoms with Crippen molar-refractivity contribution in [1.29, 1.82) is 0 Å². The zero-order valence-electron chi connectivity index (χ0n) is 19.7. The lowest BCUT2D eigenvalue weighted by Gasteiger charge is -2.36. The van der Waals surface area contributed by atoms with Gasteiger partial charge in [-0.15, -0.1) is 0 Å². The van der Waals surface area contributed by atoms with Crippen LogP contribution in [0, 0.1) is 5.82 Å². The van der Waals surface area contributed by atoms with Gasteiger partial charge in [-0.3, -0.25) is 9.47 Å². The first kappa shape index (κ1) is 24.0. The predicted molar refractivity (Wildman–Crippen MR) is 133 cm³/mol. The number of rotatable bonds is 8. The zero-order chi connectivity index (χ0) is 24.4. The fourth-order valence-electron chi connectivity index (χ4n) is 4.98. The highest BCUT2D eigenvalue weighted by Crippen LogP contribution is 2.24. The molecule has 35 heavy (non-hydrogen) atoms. The minimum Gasteiger partial charge on any atom is -0.408 e. The Morgan fingerprint density at radius 3 is 2.26 bits per heavy atom. The molecule has 0 unspecified atom stereocenters. The molecule has 0 spiro atoms. The molecule has 188 valence electrons. The van der Waals surface area contributed by atoms with Gasteiger partial charge in [-0.1, -0.05) is 0 Å². The lowest BCUT2D eigenvalue weighted by atomic mass is 10.2. The average molecular weight is 503 g/mol. The van der Waals surface area contributed by atoms with E-state index in [1.54, 1.807) is 16.7 Å². The maximum absolute atomic E-state index is 13.1. The molecule has 8 nitrogen and oxygen atoms in total. The second-order valence-electron chi connectivity index (χ2n) is 9.27. The summed E-state index contributed by atoms with van der Waals surface area (Å²) in [4.78, 5) is 17.3. The fraction of sp³-hybridized carbons (Fsp3) is 0.480. The van der Waals surface area contributed by atoms with Crippen molar-refractivity contribution < 1.29 is 17.2 Å². The van der Waals surface area contributed by atoms with E-state index < -0.39 is 15.8 Å². The Kier molecular flexibility index (Phi) is 6.95. The maximum Gasteiger partial charge on any atom is 0.419 e. The summed E-state index contributed by atoms with van der Waals surface area (Å²) >= 11 is 0. The predicted octanol–water partition coefficient (Wildman–Crippen LogP) is 3.12. The number of aromatic nitrogens is 1. The highest BCUT2D eigenvalue weighted by molar-refractivity contribution is 7.89. The molecule has 2 aliphatic rings. The normalized spacial score (nSPS) is 18.0. The molecule has 0 amide bonds. The van der Waals surface area contributed by atoms with Gasteiger partial charge in [0.15, 0.2) is 5.58 Å². The van der Waals surface area contributed by atoms with Gasteiger partial charge in [0.1, 0.15) is 5.82 Å². The summed E-state index contributed by atoms with van der Waals surface area (Å²) in [5.41, 5.74) is 1.99. The molecule has 2 aliphatic heterocycles. The van der Waals surface area contributed by atoms with E-state index in [9.17, 15) is 17.6 Å². The van der Waals surface area contributed by atoms with Crippen LogP contribution in [0.2, 0.25) is 0 Å². The van der Waals surface area contributed by atoms with Crippen LogP contribution < -0.4 is 10.7 Å². The van der Waals surface area contributed by atoms with Gasteiger partial charge in [0, 0.05) is 57.6 Å². The van der Waals surface area contributed by atoms with Crippen LogP contribution in [0.1, 0.15) is 25.7 Å². The lowest BCUT2D eigenvalue weighted by Crippen LogP contribution is -2.46. The first-order valence-corrected chi connectivity index (χ1v) is 13.7. The summed E-state index contributed by atoms with van der Waals surface area (Å²) in [7, 11) is -3.55. The molecule has 0 radical (unpaired) electrons. The quantitative estimate of drug-likeness (QED) is 0.441. The average Bonchev–Trinajstić information content (AvgIpc) is 3.51. The van der Waals surface area contributed by atoms with Gasteiger partial charge in [-0.25, -0.2) is 17.6 Å². The van der Waals surface area contributed by atoms with Crippen LogP contribution in [0.5, 0.6) is 0 Å². The summed E-state index contributed by atoms with van der Waals surface area (Å²) in [5.74, 6) is -0.673. The van der Waals surface area contributed by atoms with E-state index in [-0.39, 0.29) is 10.7 Å². The van der Waals surface area contributed by atoms with Crippen LogP contribution >= 0.6 is 0 Å². The summed E-state index contributed by atoms with van der Waals surface area (Å²) in [5, 5.41) is 0. The molecule has 0 saturated carbocycles. The van der Waals surface area contributed by atoms with Crippen LogP contribution in [-0.4, -0.2) is 68.0 Å². The van der Waals surface area contributed by atoms with Crippen molar-refractivity contribution in [2.24, 2.45) is 0 Å². The number of fused-ring (bicyclic) bond motifs is 1. The molecule has 3 aromatic rings. The number of hydrogen-bond acceptors (Lipinski definition) is 6. The van der Waals surface area contributed by atoms with Gasteiger partial charge < -0.3 is 9.32 Å². The monoisotopic (exact) mass is 502 g/mol. The highest BCUT2D eigenvalue weighted by atomic mass is 32.2. The van der Waals surface area contributed by atoms with Gasteiger partial charge in [0.25, 0.3) is 0 Å². The van der Waals surface area contributed by atoms with Gasteiger partial charge in [0.2, 0.25) is 10.0 Å². The summed E-state index contributed by atoms with van der Waals surface area (Å²) in [6.45, 7) is 6.24. The van der Waals surface area contributed by atoms with E-state index in [2.05, 4.69) is 9.80 Å². The minimum absolute atomic E-state index is 0.174. The van der Waals surface area contributed by atoms with Crippen molar-refractivity contribution in [3.8, 4) is 0 Å². The third kappa shape index (κ3) is 5.14. The number of nitrogens with zero attached hydrogens (tertiary/aromatic N) is 4. The number of aryl methyl sites for hydroxylation is 1. The number of unbranched alkanes of at least 4 members (excludes halogenated alkanes) is 1. The summed E-state index contributed by atoms with van der Waals surface area (Å²) < 4.78 is 47.3. The highest BCUT2D eigenvalue weighted by Gasteiger charge is 2.28. The number of benzene rings is 2. The number of anilines is 1. The van der Waals surface area contributed by atoms with Crippen LogP contribution in [-0.2, 0) is 16.6 Å². The molecular formula is C25H31FN4O4S. The van der Waals surface area contributed by atoms with Crippen molar-refractivity contribution in [3.05, 3.63) is 58.8 Å². The van der Waals surface area contributed by atoms with E-state index >= 15 is 0 Å². The van der Waals surface area contributed by atoms with Crippen molar-refractivity contribution >= 4 is 26.8 Å². The molecular weight excluding hydrogens is 471 g/mol. The van der Waals surface area contributed by atoms with Crippen molar-refractivity contribution in [2.75, 3.05) is 50.7 Å². The number of sulfonamides is 1. The fourth-order valence-corrected chi connectivity index (χ4v) is 6.52. The molecule has 5 rings (SSSR count). The van der Waals surface area contributed by atoms with E-state index in [4.69, 9.17) is 4.42 Å². The minimum atomic E-state index is -3.55. The Hall–Kier alpha value is -2.69. The third-order valence-corrected chi connectivity index (χ3v) is 8.91. The Balaban J connectivity index is 1.14. The van der Waals surface area contributed by atoms with Crippen LogP contribution in [0.4, 0.5) is 10.1 Å². The second-order valence-corrected chi connectivity index (χ2v) is 11.2. The number of hydrogen-bond donors (Lipinski definition) is 0. The van der Waals surface area contributed by atoms with E-state index in [1.807, 2.05) is 12.1 Å². The topological polar surface area (TPSA) is 79.0 Å². The van der Waals surface area contributed by atoms with E-state index in [1.165, 1.54) is 22.5 Å². The van der Waals surface area contributed by atoms with Crippen molar-refractivity contribution in [2.45, 2.75) is 37.1 Å². The zero-order valence-corrected chi connectivity index (χ0v) is 20.6. The van der Waals surface area contributed by atoms with Crippen molar-refractivity contribution in [1.82, 2.24) is 13.8 Å². The summed E-state index contributed by atoms with van der Waals surface area (Å²) in [6.07, 6.45) is 3.51. The number of halogens is 1. The van der Waals surface area contributed by atoms with Crippen LogP contribution in [0.3, 0.4) is 0 Å². The smallest absolute Gasteiger partial charge is 0.408 e. The van der Waals surface area contributed by atoms with Crippen LogP contribution in [0.15, 0.2) is 56.6 Å². The molecule has 1 aromatic heterocycles. The number of piperazine rings is 1. The third-order valence-electron chi connectivity index (χ3n) is 7.01. The molecule has 0 N–H and O–H groups in total. The van der Waals surface area contributed by atoms with E-state index in [0.29, 0.717) is 30.7 Å². The molecule has 0 aliphatic carbocycles. The molecule has 2 fully saturated rings. The van der Waals surface area contributed by atoms with Gasteiger partial charge >= 0.3 is 5.76 Å². The van der Waals surface area contributed by atoms with Gasteiger partial charge in [-0.2, -0.15) is 4.31 Å². The largest absolute Gasteiger partial charge is 0.419 e. The SMILES string of the molecule is O=c1oc2cc(S(=O)(=O)N3CCCC3)ccc2n1CCCCN1CCN(c2ccc(F)cc2)CC1. The molecule has 0 atom stereocenters. The van der Waals surface area contributed by atoms with Gasteiger partial charge in [-0.05, 0) is 68.6 Å². The Labute approximate surface area is 204 Å². The van der Waals surface area contributed by atoms with Crippen molar-refractivity contribution in [3.63, 3.8) is 0 Å². The summed E-state index contributed by atoms with van der Waals surface area (Å²) in [6, 6.07) is 11.4.